The van der Waals surface area contributed by atoms with E-state index in [1.807, 2.05) is 36.4 Å². The van der Waals surface area contributed by atoms with Gasteiger partial charge in [0.25, 0.3) is 0 Å². The van der Waals surface area contributed by atoms with Crippen LogP contribution in [0.25, 0.3) is 21.8 Å². The van der Waals surface area contributed by atoms with E-state index in [0.717, 1.165) is 28.9 Å². The molecule has 0 spiro atoms. The number of aliphatic hydroxyl groups is 2. The first-order valence-electron chi connectivity index (χ1n) is 12.4. The van der Waals surface area contributed by atoms with Gasteiger partial charge < -0.3 is 29.0 Å². The zero-order chi connectivity index (χ0) is 25.2. The van der Waals surface area contributed by atoms with Gasteiger partial charge in [-0.2, -0.15) is 0 Å². The lowest BCUT2D eigenvalue weighted by Crippen LogP contribution is -2.36. The number of methoxy groups -OCH3 is 1. The van der Waals surface area contributed by atoms with Gasteiger partial charge in [-0.1, -0.05) is 48.5 Å². The van der Waals surface area contributed by atoms with Crippen molar-refractivity contribution in [3.63, 3.8) is 0 Å². The Kier molecular flexibility index (Phi) is 9.72. The molecule has 0 saturated carbocycles. The summed E-state index contributed by atoms with van der Waals surface area (Å²) in [7, 11) is 1.70. The van der Waals surface area contributed by atoms with Crippen molar-refractivity contribution in [3.05, 3.63) is 78.4 Å². The Labute approximate surface area is 212 Å². The van der Waals surface area contributed by atoms with Crippen molar-refractivity contribution in [2.75, 3.05) is 53.2 Å². The summed E-state index contributed by atoms with van der Waals surface area (Å²) in [6.45, 7) is 4.29. The minimum absolute atomic E-state index is 0.0155. The molecule has 0 saturated heterocycles. The molecule has 1 atom stereocenters. The summed E-state index contributed by atoms with van der Waals surface area (Å²) in [6, 6.07) is 24.7. The number of ether oxygens (including phenoxy) is 3. The van der Waals surface area contributed by atoms with Gasteiger partial charge in [-0.3, -0.25) is 4.90 Å². The van der Waals surface area contributed by atoms with Gasteiger partial charge in [-0.25, -0.2) is 0 Å². The van der Waals surface area contributed by atoms with Crippen LogP contribution in [0.5, 0.6) is 5.75 Å². The number of hydrogen-bond donors (Lipinski definition) is 2. The summed E-state index contributed by atoms with van der Waals surface area (Å²) >= 11 is 0. The Morgan fingerprint density at radius 2 is 1.50 bits per heavy atom. The van der Waals surface area contributed by atoms with Crippen LogP contribution in [0.4, 0.5) is 0 Å². The first-order valence-corrected chi connectivity index (χ1v) is 12.4. The Hall–Kier alpha value is -2.94. The molecule has 0 unspecified atom stereocenters. The van der Waals surface area contributed by atoms with Crippen LogP contribution in [0.2, 0.25) is 0 Å². The first kappa shape index (κ1) is 26.1. The number of para-hydroxylation sites is 2. The van der Waals surface area contributed by atoms with Gasteiger partial charge in [0.05, 0.1) is 39.1 Å². The molecule has 7 nitrogen and oxygen atoms in total. The Morgan fingerprint density at radius 1 is 0.833 bits per heavy atom. The molecule has 192 valence electrons. The van der Waals surface area contributed by atoms with Crippen molar-refractivity contribution in [2.24, 2.45) is 0 Å². The third-order valence-corrected chi connectivity index (χ3v) is 6.22. The molecule has 1 aromatic heterocycles. The van der Waals surface area contributed by atoms with Crippen molar-refractivity contribution in [1.29, 1.82) is 0 Å². The largest absolute Gasteiger partial charge is 0.491 e. The van der Waals surface area contributed by atoms with Crippen LogP contribution in [0.1, 0.15) is 5.56 Å². The fraction of sp³-hybridized carbons (Fsp3) is 0.379. The van der Waals surface area contributed by atoms with Crippen LogP contribution < -0.4 is 4.74 Å². The van der Waals surface area contributed by atoms with Gasteiger partial charge in [0, 0.05) is 48.5 Å². The highest BCUT2D eigenvalue weighted by atomic mass is 16.5. The molecular formula is C29H36N2O5. The molecule has 0 aliphatic rings. The molecule has 3 aromatic carbocycles. The number of hydrogen-bond acceptors (Lipinski definition) is 6. The molecule has 4 aromatic rings. The monoisotopic (exact) mass is 492 g/mol. The number of fused-ring (bicyclic) bond motifs is 3. The average molecular weight is 493 g/mol. The lowest BCUT2D eigenvalue weighted by molar-refractivity contribution is 0.0704. The standard InChI is InChI=1S/C29H36N2O5/c1-34-16-14-30(20-23-10-12-25(13-11-23)36-19-18-35-17-15-32)21-24(33)22-31-28-8-4-2-6-26(28)27-7-3-5-9-29(27)31/h2-13,24,32-33H,14-22H2,1H3/t24-/m1/s1. The number of aromatic nitrogens is 1. The molecule has 0 radical (unpaired) electrons. The zero-order valence-electron chi connectivity index (χ0n) is 20.9. The SMILES string of the molecule is COCCN(Cc1ccc(OCCOCCO)cc1)C[C@@H](O)Cn1c2ccccc2c2ccccc21. The van der Waals surface area contributed by atoms with Crippen molar-refractivity contribution >= 4 is 21.8 Å². The Bertz CT molecular complexity index is 1150. The average Bonchev–Trinajstić information content (AvgIpc) is 3.21. The van der Waals surface area contributed by atoms with Crippen LogP contribution in [-0.4, -0.2) is 79.0 Å². The molecule has 0 amide bonds. The van der Waals surface area contributed by atoms with Crippen LogP contribution in [0.3, 0.4) is 0 Å². The highest BCUT2D eigenvalue weighted by Gasteiger charge is 2.17. The fourth-order valence-electron chi connectivity index (χ4n) is 4.56. The fourth-order valence-corrected chi connectivity index (χ4v) is 4.56. The predicted octanol–water partition coefficient (Wildman–Crippen LogP) is 3.69. The van der Waals surface area contributed by atoms with E-state index in [4.69, 9.17) is 19.3 Å². The third-order valence-electron chi connectivity index (χ3n) is 6.22. The van der Waals surface area contributed by atoms with E-state index in [2.05, 4.69) is 45.9 Å². The minimum atomic E-state index is -0.539. The summed E-state index contributed by atoms with van der Waals surface area (Å²) in [6.07, 6.45) is -0.539. The van der Waals surface area contributed by atoms with Crippen molar-refractivity contribution in [2.45, 2.75) is 19.2 Å². The molecule has 0 fully saturated rings. The van der Waals surface area contributed by atoms with E-state index < -0.39 is 6.10 Å². The highest BCUT2D eigenvalue weighted by Crippen LogP contribution is 2.29. The van der Waals surface area contributed by atoms with E-state index in [0.29, 0.717) is 46.1 Å². The normalized spacial score (nSPS) is 12.6. The molecule has 0 aliphatic carbocycles. The maximum absolute atomic E-state index is 11.1. The van der Waals surface area contributed by atoms with Crippen LogP contribution in [0.15, 0.2) is 72.8 Å². The number of rotatable bonds is 15. The van der Waals surface area contributed by atoms with Gasteiger partial charge in [0.1, 0.15) is 12.4 Å². The number of aliphatic hydroxyl groups excluding tert-OH is 2. The van der Waals surface area contributed by atoms with Crippen LogP contribution >= 0.6 is 0 Å². The summed E-state index contributed by atoms with van der Waals surface area (Å²) in [5.41, 5.74) is 3.41. The summed E-state index contributed by atoms with van der Waals surface area (Å²) in [4.78, 5) is 2.22. The third kappa shape index (κ3) is 6.84. The summed E-state index contributed by atoms with van der Waals surface area (Å²) in [5, 5.41) is 22.3. The van der Waals surface area contributed by atoms with Gasteiger partial charge in [-0.15, -0.1) is 0 Å². The van der Waals surface area contributed by atoms with Gasteiger partial charge in [0.2, 0.25) is 0 Å². The van der Waals surface area contributed by atoms with E-state index >= 15 is 0 Å². The van der Waals surface area contributed by atoms with E-state index in [9.17, 15) is 5.11 Å². The molecule has 1 heterocycles. The van der Waals surface area contributed by atoms with E-state index in [-0.39, 0.29) is 6.61 Å². The molecular weight excluding hydrogens is 456 g/mol. The van der Waals surface area contributed by atoms with E-state index in [1.165, 1.54) is 10.8 Å². The number of benzene rings is 3. The van der Waals surface area contributed by atoms with Gasteiger partial charge >= 0.3 is 0 Å². The molecule has 0 aliphatic heterocycles. The molecule has 36 heavy (non-hydrogen) atoms. The van der Waals surface area contributed by atoms with Crippen molar-refractivity contribution in [1.82, 2.24) is 9.47 Å². The molecule has 0 bridgehead atoms. The second-order valence-electron chi connectivity index (χ2n) is 8.86. The van der Waals surface area contributed by atoms with Crippen molar-refractivity contribution in [3.8, 4) is 5.75 Å². The topological polar surface area (TPSA) is 76.3 Å². The summed E-state index contributed by atoms with van der Waals surface area (Å²) in [5.74, 6) is 0.779. The zero-order valence-corrected chi connectivity index (χ0v) is 20.9. The predicted molar refractivity (Wildman–Crippen MR) is 142 cm³/mol. The Balaban J connectivity index is 1.39. The quantitative estimate of drug-likeness (QED) is 0.247. The first-order chi connectivity index (χ1) is 17.7. The van der Waals surface area contributed by atoms with Crippen LogP contribution in [0, 0.1) is 0 Å². The molecule has 7 heteroatoms. The highest BCUT2D eigenvalue weighted by molar-refractivity contribution is 6.07. The maximum atomic E-state index is 11.1. The van der Waals surface area contributed by atoms with Gasteiger partial charge in [0.15, 0.2) is 0 Å². The molecule has 4 rings (SSSR count). The summed E-state index contributed by atoms with van der Waals surface area (Å²) < 4.78 is 18.5. The second kappa shape index (κ2) is 13.4. The minimum Gasteiger partial charge on any atom is -0.491 e. The lowest BCUT2D eigenvalue weighted by Gasteiger charge is -2.25. The van der Waals surface area contributed by atoms with Crippen LogP contribution in [-0.2, 0) is 22.6 Å². The molecule has 2 N–H and O–H groups in total. The smallest absolute Gasteiger partial charge is 0.119 e. The number of nitrogens with zero attached hydrogens (tertiary/aromatic N) is 2. The van der Waals surface area contributed by atoms with E-state index in [1.54, 1.807) is 7.11 Å². The maximum Gasteiger partial charge on any atom is 0.119 e. The second-order valence-corrected chi connectivity index (χ2v) is 8.86. The Morgan fingerprint density at radius 3 is 2.14 bits per heavy atom. The van der Waals surface area contributed by atoms with Gasteiger partial charge in [-0.05, 0) is 29.8 Å². The van der Waals surface area contributed by atoms with Crippen molar-refractivity contribution < 1.29 is 24.4 Å². The lowest BCUT2D eigenvalue weighted by atomic mass is 10.2.